The van der Waals surface area contributed by atoms with Crippen LogP contribution in [0.15, 0.2) is 60.8 Å². The number of aromatic nitrogens is 1. The lowest BCUT2D eigenvalue weighted by molar-refractivity contribution is 0.571. The summed E-state index contributed by atoms with van der Waals surface area (Å²) in [7, 11) is -3.52. The predicted molar refractivity (Wildman–Crippen MR) is 110 cm³/mol. The minimum atomic E-state index is -3.52. The third kappa shape index (κ3) is 4.91. The summed E-state index contributed by atoms with van der Waals surface area (Å²) in [6.45, 7) is 4.41. The molecule has 0 bridgehead atoms. The summed E-state index contributed by atoms with van der Waals surface area (Å²) in [4.78, 5) is 4.31. The number of hydrogen-bond donors (Lipinski definition) is 2. The van der Waals surface area contributed by atoms with Crippen LogP contribution in [-0.2, 0) is 15.8 Å². The highest BCUT2D eigenvalue weighted by Gasteiger charge is 2.16. The van der Waals surface area contributed by atoms with Crippen LogP contribution in [0.3, 0.4) is 0 Å². The maximum absolute atomic E-state index is 12.5. The Labute approximate surface area is 160 Å². The summed E-state index contributed by atoms with van der Waals surface area (Å²) in [6.07, 6.45) is 1.67. The normalized spacial score (nSPS) is 13.2. The molecular weight excluding hydrogens is 358 g/mol. The standard InChI is InChI=1S/C21H25N3O2S/c1-15(2)16-8-10-17(11-9-16)20(22)13-24-27(25,26)14-19-6-3-5-18-7-4-12-23-21(18)19/h3-12,15,20,24H,13-14,22H2,1-2H3. The van der Waals surface area contributed by atoms with E-state index in [1.807, 2.05) is 48.5 Å². The van der Waals surface area contributed by atoms with Gasteiger partial charge >= 0.3 is 0 Å². The first-order valence-corrected chi connectivity index (χ1v) is 10.7. The van der Waals surface area contributed by atoms with Crippen molar-refractivity contribution in [3.63, 3.8) is 0 Å². The second-order valence-corrected chi connectivity index (χ2v) is 8.83. The quantitative estimate of drug-likeness (QED) is 0.654. The summed E-state index contributed by atoms with van der Waals surface area (Å²) >= 11 is 0. The molecule has 6 heteroatoms. The van der Waals surface area contributed by atoms with Crippen LogP contribution < -0.4 is 10.5 Å². The highest BCUT2D eigenvalue weighted by atomic mass is 32.2. The van der Waals surface area contributed by atoms with Crippen LogP contribution in [0.4, 0.5) is 0 Å². The first-order valence-electron chi connectivity index (χ1n) is 9.01. The van der Waals surface area contributed by atoms with Gasteiger partial charge in [-0.05, 0) is 28.7 Å². The monoisotopic (exact) mass is 383 g/mol. The Kier molecular flexibility index (Phi) is 5.89. The number of sulfonamides is 1. The Bertz CT molecular complexity index is 1010. The van der Waals surface area contributed by atoms with Gasteiger partial charge in [0.2, 0.25) is 10.0 Å². The zero-order valence-electron chi connectivity index (χ0n) is 15.6. The van der Waals surface area contributed by atoms with Gasteiger partial charge in [-0.25, -0.2) is 13.1 Å². The molecule has 0 radical (unpaired) electrons. The van der Waals surface area contributed by atoms with Gasteiger partial charge in [0.05, 0.1) is 11.3 Å². The fraction of sp³-hybridized carbons (Fsp3) is 0.286. The van der Waals surface area contributed by atoms with Crippen molar-refractivity contribution >= 4 is 20.9 Å². The molecule has 1 atom stereocenters. The van der Waals surface area contributed by atoms with Crippen LogP contribution in [0, 0.1) is 0 Å². The highest BCUT2D eigenvalue weighted by Crippen LogP contribution is 2.19. The third-order valence-electron chi connectivity index (χ3n) is 4.62. The molecule has 1 unspecified atom stereocenters. The van der Waals surface area contributed by atoms with Gasteiger partial charge in [-0.15, -0.1) is 0 Å². The van der Waals surface area contributed by atoms with E-state index in [1.54, 1.807) is 12.3 Å². The van der Waals surface area contributed by atoms with Crippen LogP contribution >= 0.6 is 0 Å². The van der Waals surface area contributed by atoms with Crippen molar-refractivity contribution in [3.8, 4) is 0 Å². The number of nitrogens with one attached hydrogen (secondary N) is 1. The van der Waals surface area contributed by atoms with Gasteiger partial charge < -0.3 is 5.73 Å². The summed E-state index contributed by atoms with van der Waals surface area (Å²) in [6, 6.07) is 16.9. The molecule has 0 spiro atoms. The van der Waals surface area contributed by atoms with E-state index in [4.69, 9.17) is 5.73 Å². The molecule has 27 heavy (non-hydrogen) atoms. The summed E-state index contributed by atoms with van der Waals surface area (Å²) in [5, 5.41) is 0.923. The van der Waals surface area contributed by atoms with Crippen LogP contribution in [-0.4, -0.2) is 19.9 Å². The molecule has 1 aromatic heterocycles. The van der Waals surface area contributed by atoms with E-state index in [2.05, 4.69) is 23.6 Å². The first kappa shape index (κ1) is 19.5. The molecule has 0 saturated heterocycles. The number of fused-ring (bicyclic) bond motifs is 1. The summed E-state index contributed by atoms with van der Waals surface area (Å²) in [5.41, 5.74) is 9.70. The van der Waals surface area contributed by atoms with Gasteiger partial charge in [-0.3, -0.25) is 4.98 Å². The largest absolute Gasteiger partial charge is 0.323 e. The molecule has 0 amide bonds. The van der Waals surface area contributed by atoms with E-state index in [9.17, 15) is 8.42 Å². The maximum atomic E-state index is 12.5. The minimum absolute atomic E-state index is 0.125. The topological polar surface area (TPSA) is 85.1 Å². The van der Waals surface area contributed by atoms with E-state index >= 15 is 0 Å². The second kappa shape index (κ2) is 8.17. The molecule has 142 valence electrons. The van der Waals surface area contributed by atoms with E-state index < -0.39 is 16.1 Å². The van der Waals surface area contributed by atoms with Crippen molar-refractivity contribution in [1.82, 2.24) is 9.71 Å². The Morgan fingerprint density at radius 1 is 1.00 bits per heavy atom. The maximum Gasteiger partial charge on any atom is 0.215 e. The van der Waals surface area contributed by atoms with Crippen LogP contribution in [0.5, 0.6) is 0 Å². The predicted octanol–water partition coefficient (Wildman–Crippen LogP) is 3.48. The Hall–Kier alpha value is -2.28. The number of rotatable bonds is 7. The average Bonchev–Trinajstić information content (AvgIpc) is 2.66. The van der Waals surface area contributed by atoms with Crippen molar-refractivity contribution in [1.29, 1.82) is 0 Å². The SMILES string of the molecule is CC(C)c1ccc(C(N)CNS(=O)(=O)Cc2cccc3cccnc23)cc1. The second-order valence-electron chi connectivity index (χ2n) is 7.03. The molecule has 0 aliphatic rings. The molecule has 0 saturated carbocycles. The molecule has 0 aliphatic heterocycles. The van der Waals surface area contributed by atoms with Crippen LogP contribution in [0.25, 0.3) is 10.9 Å². The number of para-hydroxylation sites is 1. The Balaban J connectivity index is 1.67. The van der Waals surface area contributed by atoms with Crippen molar-refractivity contribution in [2.45, 2.75) is 31.6 Å². The minimum Gasteiger partial charge on any atom is -0.323 e. The molecule has 1 heterocycles. The van der Waals surface area contributed by atoms with Crippen molar-refractivity contribution in [2.24, 2.45) is 5.73 Å². The number of benzene rings is 2. The molecule has 0 aliphatic carbocycles. The molecule has 0 fully saturated rings. The fourth-order valence-electron chi connectivity index (χ4n) is 3.00. The van der Waals surface area contributed by atoms with Gasteiger partial charge in [-0.1, -0.05) is 62.4 Å². The van der Waals surface area contributed by atoms with Crippen LogP contribution in [0.1, 0.15) is 42.5 Å². The molecule has 3 aromatic rings. The molecule has 5 nitrogen and oxygen atoms in total. The fourth-order valence-corrected chi connectivity index (χ4v) is 4.18. The summed E-state index contributed by atoms with van der Waals surface area (Å²) in [5.74, 6) is 0.323. The molecular formula is C21H25N3O2S. The lowest BCUT2D eigenvalue weighted by atomic mass is 9.99. The Morgan fingerprint density at radius 2 is 1.67 bits per heavy atom. The number of nitrogens with two attached hydrogens (primary N) is 1. The van der Waals surface area contributed by atoms with E-state index in [0.29, 0.717) is 17.0 Å². The summed E-state index contributed by atoms with van der Waals surface area (Å²) < 4.78 is 27.7. The van der Waals surface area contributed by atoms with Gasteiger partial charge in [0, 0.05) is 24.2 Å². The molecule has 2 aromatic carbocycles. The van der Waals surface area contributed by atoms with Gasteiger partial charge in [0.25, 0.3) is 0 Å². The zero-order valence-corrected chi connectivity index (χ0v) is 16.4. The van der Waals surface area contributed by atoms with Crippen molar-refractivity contribution < 1.29 is 8.42 Å². The number of hydrogen-bond acceptors (Lipinski definition) is 4. The van der Waals surface area contributed by atoms with Gasteiger partial charge in [0.1, 0.15) is 0 Å². The lowest BCUT2D eigenvalue weighted by Gasteiger charge is -2.15. The first-order chi connectivity index (χ1) is 12.9. The number of nitrogens with zero attached hydrogens (tertiary/aromatic N) is 1. The lowest BCUT2D eigenvalue weighted by Crippen LogP contribution is -2.32. The molecule has 3 rings (SSSR count). The number of pyridine rings is 1. The third-order valence-corrected chi connectivity index (χ3v) is 5.91. The average molecular weight is 384 g/mol. The van der Waals surface area contributed by atoms with Gasteiger partial charge in [-0.2, -0.15) is 0 Å². The Morgan fingerprint density at radius 3 is 2.37 bits per heavy atom. The zero-order chi connectivity index (χ0) is 19.4. The van der Waals surface area contributed by atoms with E-state index in [1.165, 1.54) is 5.56 Å². The van der Waals surface area contributed by atoms with Gasteiger partial charge in [0.15, 0.2) is 0 Å². The van der Waals surface area contributed by atoms with E-state index in [0.717, 1.165) is 10.9 Å². The smallest absolute Gasteiger partial charge is 0.215 e. The van der Waals surface area contributed by atoms with E-state index in [-0.39, 0.29) is 12.3 Å². The van der Waals surface area contributed by atoms with Crippen molar-refractivity contribution in [2.75, 3.05) is 6.54 Å². The van der Waals surface area contributed by atoms with Crippen molar-refractivity contribution in [3.05, 3.63) is 77.5 Å². The highest BCUT2D eigenvalue weighted by molar-refractivity contribution is 7.88. The van der Waals surface area contributed by atoms with Crippen LogP contribution in [0.2, 0.25) is 0 Å². The molecule has 3 N–H and O–H groups in total.